The van der Waals surface area contributed by atoms with Crippen LogP contribution in [0.25, 0.3) is 0 Å². The highest BCUT2D eigenvalue weighted by atomic mass is 19.1. The van der Waals surface area contributed by atoms with Crippen molar-refractivity contribution in [1.82, 2.24) is 4.90 Å². The number of hydrogen-bond donors (Lipinski definition) is 1. The van der Waals surface area contributed by atoms with Gasteiger partial charge in [0, 0.05) is 37.4 Å². The Morgan fingerprint density at radius 2 is 1.83 bits per heavy atom. The minimum absolute atomic E-state index is 0.0439. The number of carbonyl (C=O) groups excluding carboxylic acids is 2. The van der Waals surface area contributed by atoms with Crippen LogP contribution in [0.3, 0.4) is 0 Å². The largest absolute Gasteiger partial charge is 0.326 e. The Kier molecular flexibility index (Phi) is 6.20. The van der Waals surface area contributed by atoms with Gasteiger partial charge in [0.2, 0.25) is 5.91 Å². The molecule has 0 radical (unpaired) electrons. The van der Waals surface area contributed by atoms with E-state index in [4.69, 9.17) is 0 Å². The van der Waals surface area contributed by atoms with Crippen molar-refractivity contribution in [3.63, 3.8) is 0 Å². The zero-order valence-corrected chi connectivity index (χ0v) is 17.2. The van der Waals surface area contributed by atoms with E-state index < -0.39 is 0 Å². The molecule has 1 aliphatic rings. The average Bonchev–Trinajstić information content (AvgIpc) is 2.64. The number of amides is 3. The Morgan fingerprint density at radius 3 is 2.52 bits per heavy atom. The molecule has 29 heavy (non-hydrogen) atoms. The Labute approximate surface area is 171 Å². The molecule has 0 bridgehead atoms. The van der Waals surface area contributed by atoms with Crippen molar-refractivity contribution in [1.29, 1.82) is 0 Å². The summed E-state index contributed by atoms with van der Waals surface area (Å²) in [7, 11) is 0. The molecule has 3 amide bonds. The van der Waals surface area contributed by atoms with E-state index in [1.54, 1.807) is 21.9 Å². The molecule has 1 fully saturated rings. The molecular formula is C23H28FN3O2. The molecule has 0 saturated carbocycles. The first-order valence-electron chi connectivity index (χ1n) is 9.92. The zero-order valence-electron chi connectivity index (χ0n) is 17.2. The Balaban J connectivity index is 1.70. The van der Waals surface area contributed by atoms with Crippen LogP contribution in [0.1, 0.15) is 39.2 Å². The van der Waals surface area contributed by atoms with E-state index in [9.17, 15) is 14.0 Å². The van der Waals surface area contributed by atoms with Gasteiger partial charge in [-0.1, -0.05) is 39.0 Å². The second kappa shape index (κ2) is 8.64. The molecule has 2 aromatic carbocycles. The van der Waals surface area contributed by atoms with Gasteiger partial charge in [0.1, 0.15) is 5.82 Å². The summed E-state index contributed by atoms with van der Waals surface area (Å²) in [6, 6.07) is 13.5. The van der Waals surface area contributed by atoms with Crippen molar-refractivity contribution < 1.29 is 14.0 Å². The summed E-state index contributed by atoms with van der Waals surface area (Å²) in [5.74, 6) is -0.330. The number of nitrogens with one attached hydrogen (secondary N) is 1. The van der Waals surface area contributed by atoms with Crippen LogP contribution in [-0.2, 0) is 11.3 Å². The third kappa shape index (κ3) is 5.79. The summed E-state index contributed by atoms with van der Waals surface area (Å²) in [5, 5.41) is 2.92. The van der Waals surface area contributed by atoms with E-state index >= 15 is 0 Å². The van der Waals surface area contributed by atoms with Crippen molar-refractivity contribution in [2.75, 3.05) is 23.3 Å². The highest BCUT2D eigenvalue weighted by molar-refractivity contribution is 5.95. The molecule has 154 valence electrons. The number of anilines is 2. The van der Waals surface area contributed by atoms with Gasteiger partial charge in [-0.25, -0.2) is 9.18 Å². The minimum atomic E-state index is -0.286. The SMILES string of the molecule is CC(C)(C)CC(=O)Nc1cccc(N2CCCN(Cc3ccc(F)cc3)C2=O)c1. The second-order valence-electron chi connectivity index (χ2n) is 8.67. The second-order valence-corrected chi connectivity index (χ2v) is 8.67. The first-order valence-corrected chi connectivity index (χ1v) is 9.92. The van der Waals surface area contributed by atoms with E-state index in [0.29, 0.717) is 31.7 Å². The molecule has 1 saturated heterocycles. The molecule has 0 spiro atoms. The lowest BCUT2D eigenvalue weighted by Crippen LogP contribution is -2.49. The number of benzene rings is 2. The molecule has 6 heteroatoms. The number of urea groups is 1. The van der Waals surface area contributed by atoms with Crippen LogP contribution in [0.5, 0.6) is 0 Å². The topological polar surface area (TPSA) is 52.7 Å². The van der Waals surface area contributed by atoms with E-state index in [2.05, 4.69) is 5.32 Å². The maximum atomic E-state index is 13.1. The molecule has 1 N–H and O–H groups in total. The molecule has 0 aliphatic carbocycles. The average molecular weight is 397 g/mol. The molecule has 1 aliphatic heterocycles. The number of halogens is 1. The zero-order chi connectivity index (χ0) is 21.0. The Bertz CT molecular complexity index is 874. The molecule has 0 unspecified atom stereocenters. The van der Waals surface area contributed by atoms with E-state index in [1.165, 1.54) is 12.1 Å². The summed E-state index contributed by atoms with van der Waals surface area (Å²) in [6.07, 6.45) is 1.26. The minimum Gasteiger partial charge on any atom is -0.326 e. The van der Waals surface area contributed by atoms with Crippen molar-refractivity contribution in [3.05, 3.63) is 59.9 Å². The van der Waals surface area contributed by atoms with Crippen molar-refractivity contribution in [3.8, 4) is 0 Å². The van der Waals surface area contributed by atoms with Gasteiger partial charge in [0.05, 0.1) is 0 Å². The number of hydrogen-bond acceptors (Lipinski definition) is 2. The molecule has 0 atom stereocenters. The van der Waals surface area contributed by atoms with E-state index in [-0.39, 0.29) is 23.2 Å². The van der Waals surface area contributed by atoms with Crippen LogP contribution in [0, 0.1) is 11.2 Å². The molecular weight excluding hydrogens is 369 g/mol. The molecule has 2 aromatic rings. The van der Waals surface area contributed by atoms with Gasteiger partial charge in [0.25, 0.3) is 0 Å². The van der Waals surface area contributed by atoms with Crippen LogP contribution in [0.4, 0.5) is 20.6 Å². The lowest BCUT2D eigenvalue weighted by Gasteiger charge is -2.36. The first kappa shape index (κ1) is 20.8. The summed E-state index contributed by atoms with van der Waals surface area (Å²) >= 11 is 0. The number of carbonyl (C=O) groups is 2. The predicted molar refractivity (Wildman–Crippen MR) is 113 cm³/mol. The maximum absolute atomic E-state index is 13.1. The first-order chi connectivity index (χ1) is 13.7. The van der Waals surface area contributed by atoms with Gasteiger partial charge < -0.3 is 10.2 Å². The van der Waals surface area contributed by atoms with Crippen LogP contribution in [-0.4, -0.2) is 29.9 Å². The molecule has 5 nitrogen and oxygen atoms in total. The standard InChI is InChI=1S/C23H28FN3O2/c1-23(2,3)15-21(28)25-19-6-4-7-20(14-19)27-13-5-12-26(22(27)29)16-17-8-10-18(24)11-9-17/h4,6-11,14H,5,12-13,15-16H2,1-3H3,(H,25,28). The van der Waals surface area contributed by atoms with Gasteiger partial charge >= 0.3 is 6.03 Å². The van der Waals surface area contributed by atoms with E-state index in [0.717, 1.165) is 17.7 Å². The van der Waals surface area contributed by atoms with Gasteiger partial charge in [-0.3, -0.25) is 9.69 Å². The maximum Gasteiger partial charge on any atom is 0.324 e. The smallest absolute Gasteiger partial charge is 0.324 e. The highest BCUT2D eigenvalue weighted by Gasteiger charge is 2.27. The number of nitrogens with zero attached hydrogens (tertiary/aromatic N) is 2. The Hall–Kier alpha value is -2.89. The van der Waals surface area contributed by atoms with Gasteiger partial charge in [-0.2, -0.15) is 0 Å². The van der Waals surface area contributed by atoms with Gasteiger partial charge in [0.15, 0.2) is 0 Å². The third-order valence-corrected chi connectivity index (χ3v) is 4.73. The monoisotopic (exact) mass is 397 g/mol. The molecule has 1 heterocycles. The third-order valence-electron chi connectivity index (χ3n) is 4.73. The summed E-state index contributed by atoms with van der Waals surface area (Å²) < 4.78 is 13.1. The van der Waals surface area contributed by atoms with Crippen molar-refractivity contribution >= 4 is 23.3 Å². The number of rotatable bonds is 5. The summed E-state index contributed by atoms with van der Waals surface area (Å²) in [6.45, 7) is 7.78. The quantitative estimate of drug-likeness (QED) is 0.769. The normalized spacial score (nSPS) is 14.8. The van der Waals surface area contributed by atoms with E-state index in [1.807, 2.05) is 45.0 Å². The fourth-order valence-electron chi connectivity index (χ4n) is 3.42. The van der Waals surface area contributed by atoms with Crippen LogP contribution < -0.4 is 10.2 Å². The molecule has 0 aromatic heterocycles. The Morgan fingerprint density at radius 1 is 1.10 bits per heavy atom. The van der Waals surface area contributed by atoms with Crippen LogP contribution in [0.15, 0.2) is 48.5 Å². The fourth-order valence-corrected chi connectivity index (χ4v) is 3.42. The summed E-state index contributed by atoms with van der Waals surface area (Å²) in [5.41, 5.74) is 2.24. The van der Waals surface area contributed by atoms with Crippen molar-refractivity contribution in [2.45, 2.75) is 40.2 Å². The highest BCUT2D eigenvalue weighted by Crippen LogP contribution is 2.25. The fraction of sp³-hybridized carbons (Fsp3) is 0.391. The molecule has 3 rings (SSSR count). The van der Waals surface area contributed by atoms with Gasteiger partial charge in [-0.05, 0) is 47.7 Å². The predicted octanol–water partition coefficient (Wildman–Crippen LogP) is 5.03. The lowest BCUT2D eigenvalue weighted by atomic mass is 9.92. The van der Waals surface area contributed by atoms with Crippen LogP contribution >= 0.6 is 0 Å². The van der Waals surface area contributed by atoms with Gasteiger partial charge in [-0.15, -0.1) is 0 Å². The van der Waals surface area contributed by atoms with Crippen LogP contribution in [0.2, 0.25) is 0 Å². The summed E-state index contributed by atoms with van der Waals surface area (Å²) in [4.78, 5) is 28.7. The lowest BCUT2D eigenvalue weighted by molar-refractivity contribution is -0.117. The van der Waals surface area contributed by atoms with Crippen molar-refractivity contribution in [2.24, 2.45) is 5.41 Å².